The molecule has 4 nitrogen and oxygen atoms in total. The second-order valence-corrected chi connectivity index (χ2v) is 4.58. The van der Waals surface area contributed by atoms with Crippen molar-refractivity contribution in [1.82, 2.24) is 19.9 Å². The number of hydrogen-bond donors (Lipinski definition) is 1. The number of aromatic nitrogens is 3. The normalized spacial score (nSPS) is 18.1. The lowest BCUT2D eigenvalue weighted by Gasteiger charge is -2.19. The third-order valence-electron chi connectivity index (χ3n) is 3.02. The summed E-state index contributed by atoms with van der Waals surface area (Å²) in [6.45, 7) is 2.11. The first-order chi connectivity index (χ1) is 7.83. The number of fused-ring (bicyclic) bond motifs is 1. The molecule has 84 valence electrons. The number of halogens is 1. The Morgan fingerprint density at radius 2 is 2.12 bits per heavy atom. The van der Waals surface area contributed by atoms with Crippen molar-refractivity contribution in [3.05, 3.63) is 29.2 Å². The van der Waals surface area contributed by atoms with Gasteiger partial charge in [0.25, 0.3) is 0 Å². The molecule has 16 heavy (non-hydrogen) atoms. The summed E-state index contributed by atoms with van der Waals surface area (Å²) in [6, 6.07) is 3.75. The van der Waals surface area contributed by atoms with E-state index in [1.54, 1.807) is 10.7 Å². The van der Waals surface area contributed by atoms with E-state index in [-0.39, 0.29) is 0 Å². The Morgan fingerprint density at radius 3 is 2.94 bits per heavy atom. The molecule has 0 unspecified atom stereocenters. The first kappa shape index (κ1) is 10.1. The van der Waals surface area contributed by atoms with Gasteiger partial charge in [-0.15, -0.1) is 0 Å². The zero-order valence-corrected chi connectivity index (χ0v) is 9.61. The van der Waals surface area contributed by atoms with Crippen LogP contribution >= 0.6 is 11.6 Å². The van der Waals surface area contributed by atoms with Crippen molar-refractivity contribution in [2.75, 3.05) is 13.1 Å². The van der Waals surface area contributed by atoms with E-state index >= 15 is 0 Å². The average Bonchev–Trinajstić information content (AvgIpc) is 2.73. The maximum Gasteiger partial charge on any atom is 0.155 e. The highest BCUT2D eigenvalue weighted by molar-refractivity contribution is 6.30. The molecule has 1 fully saturated rings. The molecule has 1 N–H and O–H groups in total. The smallest absolute Gasteiger partial charge is 0.155 e. The van der Waals surface area contributed by atoms with Crippen LogP contribution in [0.3, 0.4) is 0 Å². The predicted octanol–water partition coefficient (Wildman–Crippen LogP) is 1.85. The standard InChI is InChI=1S/C11H13ClN4/c12-9-1-2-10-14-11(15-16(10)7-9)8-3-5-13-6-4-8/h1-2,7-8,13H,3-6H2. The molecule has 2 aromatic heterocycles. The minimum absolute atomic E-state index is 0.486. The van der Waals surface area contributed by atoms with Crippen molar-refractivity contribution < 1.29 is 0 Å². The van der Waals surface area contributed by atoms with Gasteiger partial charge >= 0.3 is 0 Å². The van der Waals surface area contributed by atoms with Crippen LogP contribution in [0.2, 0.25) is 5.02 Å². The quantitative estimate of drug-likeness (QED) is 0.822. The van der Waals surface area contributed by atoms with Crippen molar-refractivity contribution in [3.63, 3.8) is 0 Å². The minimum atomic E-state index is 0.486. The number of pyridine rings is 1. The van der Waals surface area contributed by atoms with Gasteiger partial charge in [0.2, 0.25) is 0 Å². The highest BCUT2D eigenvalue weighted by atomic mass is 35.5. The fraction of sp³-hybridized carbons (Fsp3) is 0.455. The highest BCUT2D eigenvalue weighted by Gasteiger charge is 2.19. The van der Waals surface area contributed by atoms with E-state index < -0.39 is 0 Å². The van der Waals surface area contributed by atoms with Crippen LogP contribution in [-0.4, -0.2) is 27.7 Å². The summed E-state index contributed by atoms with van der Waals surface area (Å²) in [4.78, 5) is 4.54. The Kier molecular flexibility index (Phi) is 2.53. The van der Waals surface area contributed by atoms with Crippen molar-refractivity contribution in [1.29, 1.82) is 0 Å². The van der Waals surface area contributed by atoms with E-state index in [4.69, 9.17) is 11.6 Å². The third kappa shape index (κ3) is 1.79. The predicted molar refractivity (Wildman–Crippen MR) is 62.8 cm³/mol. The van der Waals surface area contributed by atoms with Crippen molar-refractivity contribution in [3.8, 4) is 0 Å². The van der Waals surface area contributed by atoms with Crippen LogP contribution < -0.4 is 5.32 Å². The lowest BCUT2D eigenvalue weighted by atomic mass is 9.98. The van der Waals surface area contributed by atoms with E-state index in [9.17, 15) is 0 Å². The highest BCUT2D eigenvalue weighted by Crippen LogP contribution is 2.22. The molecule has 0 radical (unpaired) electrons. The molecule has 0 atom stereocenters. The van der Waals surface area contributed by atoms with Gasteiger partial charge in [-0.3, -0.25) is 0 Å². The lowest BCUT2D eigenvalue weighted by Crippen LogP contribution is -2.27. The number of piperidine rings is 1. The van der Waals surface area contributed by atoms with E-state index in [1.165, 1.54) is 0 Å². The van der Waals surface area contributed by atoms with Crippen molar-refractivity contribution in [2.24, 2.45) is 0 Å². The van der Waals surface area contributed by atoms with Crippen molar-refractivity contribution in [2.45, 2.75) is 18.8 Å². The van der Waals surface area contributed by atoms with E-state index in [0.29, 0.717) is 10.9 Å². The fourth-order valence-corrected chi connectivity index (χ4v) is 2.28. The summed E-state index contributed by atoms with van der Waals surface area (Å²) in [7, 11) is 0. The van der Waals surface area contributed by atoms with Crippen LogP contribution in [-0.2, 0) is 0 Å². The monoisotopic (exact) mass is 236 g/mol. The van der Waals surface area contributed by atoms with Crippen LogP contribution in [0.15, 0.2) is 18.3 Å². The molecule has 0 spiro atoms. The SMILES string of the molecule is Clc1ccc2nc(C3CCNCC3)nn2c1. The van der Waals surface area contributed by atoms with E-state index in [2.05, 4.69) is 15.4 Å². The summed E-state index contributed by atoms with van der Waals surface area (Å²) < 4.78 is 1.76. The molecular weight excluding hydrogens is 224 g/mol. The first-order valence-electron chi connectivity index (χ1n) is 5.55. The van der Waals surface area contributed by atoms with Crippen LogP contribution in [0.5, 0.6) is 0 Å². The van der Waals surface area contributed by atoms with Crippen LogP contribution in [0.25, 0.3) is 5.65 Å². The van der Waals surface area contributed by atoms with E-state index in [1.807, 2.05) is 12.1 Å². The average molecular weight is 237 g/mol. The van der Waals surface area contributed by atoms with Crippen molar-refractivity contribution >= 4 is 17.2 Å². The molecule has 2 aromatic rings. The maximum atomic E-state index is 5.92. The molecule has 3 rings (SSSR count). The molecule has 3 heterocycles. The Hall–Kier alpha value is -1.13. The van der Waals surface area contributed by atoms with Gasteiger partial charge in [0, 0.05) is 12.1 Å². The summed E-state index contributed by atoms with van der Waals surface area (Å²) in [5.41, 5.74) is 0.873. The molecule has 1 aliphatic rings. The summed E-state index contributed by atoms with van der Waals surface area (Å²) in [6.07, 6.45) is 4.03. The molecule has 5 heteroatoms. The zero-order valence-electron chi connectivity index (χ0n) is 8.86. The zero-order chi connectivity index (χ0) is 11.0. The Balaban J connectivity index is 1.97. The number of rotatable bonds is 1. The van der Waals surface area contributed by atoms with Gasteiger partial charge in [0.1, 0.15) is 0 Å². The largest absolute Gasteiger partial charge is 0.317 e. The third-order valence-corrected chi connectivity index (χ3v) is 3.24. The minimum Gasteiger partial charge on any atom is -0.317 e. The van der Waals surface area contributed by atoms with Gasteiger partial charge in [0.15, 0.2) is 11.5 Å². The van der Waals surface area contributed by atoms with Crippen LogP contribution in [0.1, 0.15) is 24.6 Å². The van der Waals surface area contributed by atoms with Gasteiger partial charge in [0.05, 0.1) is 5.02 Å². The second-order valence-electron chi connectivity index (χ2n) is 4.14. The van der Waals surface area contributed by atoms with Gasteiger partial charge in [-0.1, -0.05) is 11.6 Å². The molecule has 1 aliphatic heterocycles. The number of nitrogens with one attached hydrogen (secondary N) is 1. The summed E-state index contributed by atoms with van der Waals surface area (Å²) >= 11 is 5.92. The topological polar surface area (TPSA) is 42.2 Å². The summed E-state index contributed by atoms with van der Waals surface area (Å²) in [5, 5.41) is 8.52. The molecule has 0 amide bonds. The Bertz CT molecular complexity index is 502. The van der Waals surface area contributed by atoms with Gasteiger partial charge in [-0.05, 0) is 38.1 Å². The van der Waals surface area contributed by atoms with Gasteiger partial charge < -0.3 is 5.32 Å². The molecular formula is C11H13ClN4. The molecule has 0 aromatic carbocycles. The Morgan fingerprint density at radius 1 is 1.31 bits per heavy atom. The van der Waals surface area contributed by atoms with E-state index in [0.717, 1.165) is 37.4 Å². The molecule has 1 saturated heterocycles. The second kappa shape index (κ2) is 4.03. The fourth-order valence-electron chi connectivity index (χ4n) is 2.13. The first-order valence-corrected chi connectivity index (χ1v) is 5.93. The number of hydrogen-bond acceptors (Lipinski definition) is 3. The van der Waals surface area contributed by atoms with Crippen LogP contribution in [0.4, 0.5) is 0 Å². The molecule has 0 bridgehead atoms. The van der Waals surface area contributed by atoms with Crippen LogP contribution in [0, 0.1) is 0 Å². The molecule has 0 aliphatic carbocycles. The summed E-state index contributed by atoms with van der Waals surface area (Å²) in [5.74, 6) is 1.43. The number of nitrogens with zero attached hydrogens (tertiary/aromatic N) is 3. The maximum absolute atomic E-state index is 5.92. The van der Waals surface area contributed by atoms with Gasteiger partial charge in [-0.2, -0.15) is 5.10 Å². The lowest BCUT2D eigenvalue weighted by molar-refractivity contribution is 0.445. The Labute approximate surface area is 98.6 Å². The molecule has 0 saturated carbocycles. The van der Waals surface area contributed by atoms with Gasteiger partial charge in [-0.25, -0.2) is 9.50 Å².